The van der Waals surface area contributed by atoms with Gasteiger partial charge in [-0.25, -0.2) is 4.99 Å². The van der Waals surface area contributed by atoms with Crippen molar-refractivity contribution < 1.29 is 14.3 Å². The zero-order valence-corrected chi connectivity index (χ0v) is 19.8. The van der Waals surface area contributed by atoms with Crippen LogP contribution in [0.5, 0.6) is 11.5 Å². The van der Waals surface area contributed by atoms with Crippen LogP contribution >= 0.6 is 11.6 Å². The summed E-state index contributed by atoms with van der Waals surface area (Å²) < 4.78 is 11.9. The Balaban J connectivity index is 1.38. The van der Waals surface area contributed by atoms with Gasteiger partial charge in [-0.15, -0.1) is 0 Å². The lowest BCUT2D eigenvalue weighted by Gasteiger charge is -2.40. The van der Waals surface area contributed by atoms with Gasteiger partial charge in [-0.1, -0.05) is 23.7 Å². The third-order valence-corrected chi connectivity index (χ3v) is 6.86. The molecule has 0 N–H and O–H groups in total. The maximum absolute atomic E-state index is 12.7. The molecule has 2 aromatic carbocycles. The quantitative estimate of drug-likeness (QED) is 0.639. The molecule has 2 aromatic rings. The Kier molecular flexibility index (Phi) is 6.27. The molecule has 0 aromatic heterocycles. The van der Waals surface area contributed by atoms with Crippen LogP contribution in [0.4, 0.5) is 5.69 Å². The number of halogens is 1. The van der Waals surface area contributed by atoms with E-state index in [1.807, 2.05) is 42.5 Å². The number of likely N-dealkylation sites (tertiary alicyclic amines) is 1. The molecular weight excluding hydrogens is 440 g/mol. The van der Waals surface area contributed by atoms with Gasteiger partial charge in [0.25, 0.3) is 0 Å². The monoisotopic (exact) mass is 468 g/mol. The Morgan fingerprint density at radius 2 is 1.97 bits per heavy atom. The molecule has 0 radical (unpaired) electrons. The predicted octanol–water partition coefficient (Wildman–Crippen LogP) is 3.78. The number of amidine groups is 1. The molecule has 3 aliphatic heterocycles. The molecule has 0 unspecified atom stereocenters. The number of esters is 1. The highest BCUT2D eigenvalue weighted by atomic mass is 35.5. The van der Waals surface area contributed by atoms with Crippen molar-refractivity contribution in [3.8, 4) is 11.5 Å². The van der Waals surface area contributed by atoms with Crippen LogP contribution in [0.2, 0.25) is 5.02 Å². The lowest BCUT2D eigenvalue weighted by Crippen LogP contribution is -2.54. The van der Waals surface area contributed by atoms with Gasteiger partial charge in [0, 0.05) is 43.8 Å². The van der Waals surface area contributed by atoms with Crippen LogP contribution in [0.25, 0.3) is 0 Å². The first kappa shape index (κ1) is 22.2. The van der Waals surface area contributed by atoms with E-state index in [1.165, 1.54) is 0 Å². The summed E-state index contributed by atoms with van der Waals surface area (Å²) in [4.78, 5) is 24.4. The van der Waals surface area contributed by atoms with Gasteiger partial charge in [0.05, 0.1) is 12.0 Å². The minimum atomic E-state index is -0.127. The fourth-order valence-corrected chi connectivity index (χ4v) is 4.88. The highest BCUT2D eigenvalue weighted by Gasteiger charge is 2.32. The highest BCUT2D eigenvalue weighted by molar-refractivity contribution is 6.31. The summed E-state index contributed by atoms with van der Waals surface area (Å²) in [6.45, 7) is 4.10. The molecule has 0 bridgehead atoms. The number of carbonyl (C=O) groups excluding carboxylic acids is 1. The number of benzene rings is 2. The number of hydrogen-bond donors (Lipinski definition) is 0. The second-order valence-corrected chi connectivity index (χ2v) is 9.53. The van der Waals surface area contributed by atoms with Gasteiger partial charge in [0.1, 0.15) is 23.4 Å². The number of likely N-dealkylation sites (N-methyl/N-ethyl adjacent to an activating group) is 2. The second-order valence-electron chi connectivity index (χ2n) is 9.09. The number of piperazine rings is 1. The minimum Gasteiger partial charge on any atom is -0.461 e. The van der Waals surface area contributed by atoms with Gasteiger partial charge in [-0.3, -0.25) is 9.69 Å². The van der Waals surface area contributed by atoms with Crippen molar-refractivity contribution in [1.82, 2.24) is 14.7 Å². The second kappa shape index (κ2) is 9.33. The van der Waals surface area contributed by atoms with Gasteiger partial charge in [0.2, 0.25) is 0 Å². The normalized spacial score (nSPS) is 23.2. The van der Waals surface area contributed by atoms with Crippen molar-refractivity contribution in [3.05, 3.63) is 53.1 Å². The van der Waals surface area contributed by atoms with E-state index in [9.17, 15) is 4.79 Å². The Labute approximate surface area is 199 Å². The highest BCUT2D eigenvalue weighted by Crippen LogP contribution is 2.39. The van der Waals surface area contributed by atoms with Gasteiger partial charge in [-0.2, -0.15) is 0 Å². The summed E-state index contributed by atoms with van der Waals surface area (Å²) in [6, 6.07) is 13.5. The summed E-state index contributed by atoms with van der Waals surface area (Å²) >= 11 is 6.25. The molecule has 5 rings (SSSR count). The molecule has 0 amide bonds. The Bertz CT molecular complexity index is 1080. The maximum atomic E-state index is 12.7. The number of para-hydroxylation sites is 1. The van der Waals surface area contributed by atoms with Crippen LogP contribution in [0.1, 0.15) is 18.4 Å². The standard InChI is InChI=1S/C25H29ClN4O3/c1-28-10-9-19(16-28)32-24(31)14-18-15-30(12-11-29(18)2)25-20-5-3-4-6-22(20)33-23-8-7-17(26)13-21(23)27-25/h3-8,13,18-19H,9-12,14-16H2,1-2H3/t18-,19+/m0/s1. The molecule has 3 aliphatic rings. The number of ether oxygens (including phenoxy) is 2. The first-order valence-corrected chi connectivity index (χ1v) is 11.8. The fourth-order valence-electron chi connectivity index (χ4n) is 4.71. The van der Waals surface area contributed by atoms with Crippen molar-refractivity contribution in [3.63, 3.8) is 0 Å². The van der Waals surface area contributed by atoms with Crippen molar-refractivity contribution in [2.45, 2.75) is 25.0 Å². The number of nitrogens with zero attached hydrogens (tertiary/aromatic N) is 4. The van der Waals surface area contributed by atoms with Crippen LogP contribution in [0.3, 0.4) is 0 Å². The zero-order valence-electron chi connectivity index (χ0n) is 19.0. The summed E-state index contributed by atoms with van der Waals surface area (Å²) in [7, 11) is 4.13. The summed E-state index contributed by atoms with van der Waals surface area (Å²) in [5.41, 5.74) is 1.64. The predicted molar refractivity (Wildman–Crippen MR) is 129 cm³/mol. The third kappa shape index (κ3) is 4.86. The molecule has 7 nitrogen and oxygen atoms in total. The molecule has 2 fully saturated rings. The molecule has 174 valence electrons. The van der Waals surface area contributed by atoms with E-state index in [2.05, 4.69) is 28.8 Å². The van der Waals surface area contributed by atoms with Crippen LogP contribution < -0.4 is 4.74 Å². The summed E-state index contributed by atoms with van der Waals surface area (Å²) in [6.07, 6.45) is 1.27. The van der Waals surface area contributed by atoms with E-state index in [4.69, 9.17) is 26.1 Å². The Morgan fingerprint density at radius 3 is 2.79 bits per heavy atom. The molecule has 0 spiro atoms. The first-order chi connectivity index (χ1) is 16.0. The van der Waals surface area contributed by atoms with Gasteiger partial charge >= 0.3 is 5.97 Å². The maximum Gasteiger partial charge on any atom is 0.307 e. The van der Waals surface area contributed by atoms with Crippen LogP contribution in [0.15, 0.2) is 47.5 Å². The van der Waals surface area contributed by atoms with E-state index >= 15 is 0 Å². The Morgan fingerprint density at radius 1 is 1.12 bits per heavy atom. The van der Waals surface area contributed by atoms with Crippen LogP contribution in [0, 0.1) is 0 Å². The van der Waals surface area contributed by atoms with Crippen LogP contribution in [-0.4, -0.2) is 85.5 Å². The Hall–Kier alpha value is -2.61. The van der Waals surface area contributed by atoms with E-state index in [0.29, 0.717) is 29.4 Å². The van der Waals surface area contributed by atoms with E-state index in [0.717, 1.165) is 49.7 Å². The van der Waals surface area contributed by atoms with Gasteiger partial charge in [-0.05, 0) is 50.8 Å². The molecule has 0 aliphatic carbocycles. The smallest absolute Gasteiger partial charge is 0.307 e. The van der Waals surface area contributed by atoms with Crippen molar-refractivity contribution in [2.24, 2.45) is 4.99 Å². The van der Waals surface area contributed by atoms with E-state index in [-0.39, 0.29) is 18.1 Å². The molecule has 8 heteroatoms. The molecule has 2 saturated heterocycles. The lowest BCUT2D eigenvalue weighted by molar-refractivity contribution is -0.150. The number of hydrogen-bond acceptors (Lipinski definition) is 7. The lowest BCUT2D eigenvalue weighted by atomic mass is 10.1. The fraction of sp³-hybridized carbons (Fsp3) is 0.440. The zero-order chi connectivity index (χ0) is 22.9. The number of carbonyl (C=O) groups is 1. The van der Waals surface area contributed by atoms with Gasteiger partial charge in [0.15, 0.2) is 5.75 Å². The average Bonchev–Trinajstić information content (AvgIpc) is 3.12. The molecule has 3 heterocycles. The number of aliphatic imine (C=N–C) groups is 1. The van der Waals surface area contributed by atoms with E-state index < -0.39 is 0 Å². The van der Waals surface area contributed by atoms with Crippen LogP contribution in [-0.2, 0) is 9.53 Å². The minimum absolute atomic E-state index is 0.00371. The molecular formula is C25H29ClN4O3. The van der Waals surface area contributed by atoms with Gasteiger partial charge < -0.3 is 19.3 Å². The molecule has 33 heavy (non-hydrogen) atoms. The SMILES string of the molecule is CN1CC[C@@H](OC(=O)C[C@H]2CN(C3=Nc4cc(Cl)ccc4Oc4ccccc43)CCN2C)C1. The first-order valence-electron chi connectivity index (χ1n) is 11.4. The average molecular weight is 469 g/mol. The summed E-state index contributed by atoms with van der Waals surface area (Å²) in [5.74, 6) is 2.16. The number of fused-ring (bicyclic) bond motifs is 2. The van der Waals surface area contributed by atoms with Crippen molar-refractivity contribution in [2.75, 3.05) is 46.8 Å². The summed E-state index contributed by atoms with van der Waals surface area (Å²) in [5, 5.41) is 0.614. The van der Waals surface area contributed by atoms with E-state index in [1.54, 1.807) is 0 Å². The molecule has 0 saturated carbocycles. The largest absolute Gasteiger partial charge is 0.461 e. The number of rotatable bonds is 3. The molecule has 2 atom stereocenters. The third-order valence-electron chi connectivity index (χ3n) is 6.62. The van der Waals surface area contributed by atoms with Crippen molar-refractivity contribution >= 4 is 29.1 Å². The van der Waals surface area contributed by atoms with Crippen molar-refractivity contribution in [1.29, 1.82) is 0 Å². The topological polar surface area (TPSA) is 57.6 Å².